The van der Waals surface area contributed by atoms with Crippen LogP contribution in [0.5, 0.6) is 0 Å². The Morgan fingerprint density at radius 2 is 1.53 bits per heavy atom. The minimum absolute atomic E-state index is 0. The second-order valence-corrected chi connectivity index (χ2v) is 10.5. The lowest BCUT2D eigenvalue weighted by Crippen LogP contribution is -2.54. The van der Waals surface area contributed by atoms with Crippen LogP contribution in [0.15, 0.2) is 81.7 Å². The Labute approximate surface area is 220 Å². The summed E-state index contributed by atoms with van der Waals surface area (Å²) in [5.74, 6) is 0.636. The Morgan fingerprint density at radius 1 is 0.844 bits per heavy atom. The van der Waals surface area contributed by atoms with Crippen LogP contribution in [0.1, 0.15) is 23.1 Å². The second-order valence-electron chi connectivity index (χ2n) is 8.66. The van der Waals surface area contributed by atoms with Gasteiger partial charge in [0.05, 0.1) is 0 Å². The van der Waals surface area contributed by atoms with Gasteiger partial charge >= 0.3 is 0 Å². The smallest absolute Gasteiger partial charge is 0.0420 e. The minimum Gasteiger partial charge on any atom is -0.381 e. The molecule has 3 heterocycles. The number of para-hydroxylation sites is 1. The van der Waals surface area contributed by atoms with E-state index >= 15 is 0 Å². The average Bonchev–Trinajstić information content (AvgIpc) is 2.70. The molecule has 0 amide bonds. The zero-order valence-corrected chi connectivity index (χ0v) is 22.5. The monoisotopic (exact) mass is 596 g/mol. The van der Waals surface area contributed by atoms with Crippen molar-refractivity contribution in [3.05, 3.63) is 98.4 Å². The lowest BCUT2D eigenvalue weighted by molar-refractivity contribution is 0.0900. The van der Waals surface area contributed by atoms with Crippen LogP contribution in [-0.4, -0.2) is 23.5 Å². The van der Waals surface area contributed by atoms with Crippen molar-refractivity contribution >= 4 is 62.4 Å². The van der Waals surface area contributed by atoms with Gasteiger partial charge in [0.25, 0.3) is 0 Å². The quantitative estimate of drug-likeness (QED) is 0.334. The van der Waals surface area contributed by atoms with Crippen molar-refractivity contribution < 1.29 is 0 Å². The molecule has 0 aromatic heterocycles. The highest BCUT2D eigenvalue weighted by atomic mass is 79.9. The van der Waals surface area contributed by atoms with Crippen molar-refractivity contribution in [1.82, 2.24) is 4.90 Å². The Balaban J connectivity index is 0.00000144. The number of benzene rings is 3. The van der Waals surface area contributed by atoms with E-state index in [9.17, 15) is 0 Å². The van der Waals surface area contributed by atoms with Crippen molar-refractivity contribution in [2.75, 3.05) is 11.9 Å². The van der Waals surface area contributed by atoms with Crippen LogP contribution in [0, 0.1) is 5.92 Å². The van der Waals surface area contributed by atoms with Gasteiger partial charge in [-0.2, -0.15) is 0 Å². The third-order valence-corrected chi connectivity index (χ3v) is 7.55. The number of nitrogens with zero attached hydrogens (tertiary/aromatic N) is 1. The molecule has 1 saturated heterocycles. The number of nitrogens with one attached hydrogen (secondary N) is 1. The average molecular weight is 599 g/mol. The number of piperidine rings is 1. The summed E-state index contributed by atoms with van der Waals surface area (Å²) in [5.41, 5.74) is 5.59. The molecule has 6 rings (SSSR count). The maximum absolute atomic E-state index is 3.94. The molecule has 1 fully saturated rings. The lowest BCUT2D eigenvalue weighted by Gasteiger charge is -2.47. The van der Waals surface area contributed by atoms with Gasteiger partial charge in [0, 0.05) is 39.8 Å². The van der Waals surface area contributed by atoms with E-state index in [-0.39, 0.29) is 24.8 Å². The molecular formula is C26H28Br2Cl2N2. The first kappa shape index (κ1) is 25.6. The maximum atomic E-state index is 3.94. The topological polar surface area (TPSA) is 15.3 Å². The van der Waals surface area contributed by atoms with Crippen molar-refractivity contribution in [3.8, 4) is 0 Å². The summed E-state index contributed by atoms with van der Waals surface area (Å²) in [6, 6.07) is 27.5. The zero-order chi connectivity index (χ0) is 20.5. The predicted molar refractivity (Wildman–Crippen MR) is 146 cm³/mol. The van der Waals surface area contributed by atoms with Gasteiger partial charge in [0.15, 0.2) is 0 Å². The van der Waals surface area contributed by atoms with E-state index in [1.54, 1.807) is 0 Å². The number of anilines is 1. The van der Waals surface area contributed by atoms with Gasteiger partial charge in [0.2, 0.25) is 0 Å². The fourth-order valence-electron chi connectivity index (χ4n) is 5.14. The summed E-state index contributed by atoms with van der Waals surface area (Å²) in [7, 11) is 0. The molecule has 0 radical (unpaired) electrons. The van der Waals surface area contributed by atoms with E-state index in [4.69, 9.17) is 0 Å². The normalized spacial score (nSPS) is 21.9. The van der Waals surface area contributed by atoms with Gasteiger partial charge in [-0.15, -0.1) is 24.8 Å². The minimum atomic E-state index is 0. The van der Waals surface area contributed by atoms with E-state index in [1.165, 1.54) is 33.3 Å². The molecular weight excluding hydrogens is 571 g/mol. The summed E-state index contributed by atoms with van der Waals surface area (Å²) in [6.45, 7) is 2.10. The van der Waals surface area contributed by atoms with Gasteiger partial charge in [-0.3, -0.25) is 4.90 Å². The molecule has 1 N–H and O–H groups in total. The Bertz CT molecular complexity index is 963. The molecule has 2 bridgehead atoms. The lowest BCUT2D eigenvalue weighted by atomic mass is 9.78. The largest absolute Gasteiger partial charge is 0.381 e. The van der Waals surface area contributed by atoms with Crippen LogP contribution in [0.25, 0.3) is 0 Å². The first-order chi connectivity index (χ1) is 14.6. The van der Waals surface area contributed by atoms with Crippen LogP contribution in [0.3, 0.4) is 0 Å². The predicted octanol–water partition coefficient (Wildman–Crippen LogP) is 7.53. The SMILES string of the molecule is Brc1cccc(CC2CC3Cc4ccccc4NC2CN3Cc2cccc(Br)c2)c1.Cl.Cl. The number of hydrogen-bond acceptors (Lipinski definition) is 2. The van der Waals surface area contributed by atoms with Gasteiger partial charge in [-0.25, -0.2) is 0 Å². The fourth-order valence-corrected chi connectivity index (χ4v) is 6.03. The Morgan fingerprint density at radius 3 is 2.28 bits per heavy atom. The third-order valence-electron chi connectivity index (χ3n) is 6.57. The van der Waals surface area contributed by atoms with E-state index in [0.29, 0.717) is 18.0 Å². The molecule has 32 heavy (non-hydrogen) atoms. The molecule has 0 spiro atoms. The van der Waals surface area contributed by atoms with E-state index < -0.39 is 0 Å². The van der Waals surface area contributed by atoms with E-state index in [2.05, 4.69) is 115 Å². The molecule has 3 atom stereocenters. The second kappa shape index (κ2) is 11.4. The highest BCUT2D eigenvalue weighted by Gasteiger charge is 2.38. The molecule has 3 unspecified atom stereocenters. The fraction of sp³-hybridized carbons (Fsp3) is 0.308. The van der Waals surface area contributed by atoms with Gasteiger partial charge < -0.3 is 5.32 Å². The molecule has 3 aromatic rings. The Hall–Kier alpha value is -1.04. The highest BCUT2D eigenvalue weighted by Crippen LogP contribution is 2.36. The van der Waals surface area contributed by atoms with Crippen LogP contribution in [-0.2, 0) is 19.4 Å². The summed E-state index contributed by atoms with van der Waals surface area (Å²) >= 11 is 7.28. The van der Waals surface area contributed by atoms with Crippen LogP contribution in [0.4, 0.5) is 5.69 Å². The first-order valence-electron chi connectivity index (χ1n) is 10.7. The van der Waals surface area contributed by atoms with Crippen molar-refractivity contribution in [2.24, 2.45) is 5.92 Å². The molecule has 0 aliphatic carbocycles. The number of fused-ring (bicyclic) bond motifs is 2. The molecule has 3 aliphatic heterocycles. The Kier molecular flexibility index (Phi) is 9.11. The molecule has 6 heteroatoms. The summed E-state index contributed by atoms with van der Waals surface area (Å²) in [4.78, 5) is 2.70. The zero-order valence-electron chi connectivity index (χ0n) is 17.7. The molecule has 0 saturated carbocycles. The third kappa shape index (κ3) is 5.90. The standard InChI is InChI=1S/C26H26Br2N2.2ClH/c27-22-8-3-5-18(12-22)11-21-15-24-14-20-7-1-2-10-25(20)29-26(21)17-30(24)16-19-6-4-9-23(28)13-19;;/h1-10,12-13,21,24,26,29H,11,14-17H2;2*1H. The van der Waals surface area contributed by atoms with Crippen LogP contribution < -0.4 is 5.32 Å². The van der Waals surface area contributed by atoms with E-state index in [1.807, 2.05) is 0 Å². The molecule has 2 nitrogen and oxygen atoms in total. The van der Waals surface area contributed by atoms with Crippen molar-refractivity contribution in [3.63, 3.8) is 0 Å². The number of halogens is 4. The molecule has 3 aliphatic rings. The number of hydrogen-bond donors (Lipinski definition) is 1. The van der Waals surface area contributed by atoms with E-state index in [0.717, 1.165) is 30.4 Å². The van der Waals surface area contributed by atoms with Gasteiger partial charge in [0.1, 0.15) is 0 Å². The summed E-state index contributed by atoms with van der Waals surface area (Å²) in [6.07, 6.45) is 3.46. The van der Waals surface area contributed by atoms with Crippen LogP contribution >= 0.6 is 56.7 Å². The molecule has 3 aromatic carbocycles. The maximum Gasteiger partial charge on any atom is 0.0420 e. The van der Waals surface area contributed by atoms with Crippen LogP contribution in [0.2, 0.25) is 0 Å². The van der Waals surface area contributed by atoms with Gasteiger partial charge in [-0.05, 0) is 72.2 Å². The van der Waals surface area contributed by atoms with Gasteiger partial charge in [-0.1, -0.05) is 74.3 Å². The molecule has 170 valence electrons. The number of rotatable bonds is 4. The highest BCUT2D eigenvalue weighted by molar-refractivity contribution is 9.10. The van der Waals surface area contributed by atoms with Crippen molar-refractivity contribution in [2.45, 2.75) is 37.9 Å². The first-order valence-corrected chi connectivity index (χ1v) is 12.3. The summed E-state index contributed by atoms with van der Waals surface area (Å²) < 4.78 is 2.33. The summed E-state index contributed by atoms with van der Waals surface area (Å²) in [5, 5.41) is 3.94. The van der Waals surface area contributed by atoms with Crippen molar-refractivity contribution in [1.29, 1.82) is 0 Å².